The van der Waals surface area contributed by atoms with Gasteiger partial charge in [0, 0.05) is 32.4 Å². The zero-order valence-electron chi connectivity index (χ0n) is 17.6. The Morgan fingerprint density at radius 1 is 1.16 bits per heavy atom. The number of halogens is 1. The predicted octanol–water partition coefficient (Wildman–Crippen LogP) is 2.21. The molecule has 8 nitrogen and oxygen atoms in total. The Balaban J connectivity index is 1.54. The van der Waals surface area contributed by atoms with E-state index in [9.17, 15) is 14.7 Å². The Hall–Kier alpha value is -2.81. The number of carbonyl (C=O) groups is 1. The van der Waals surface area contributed by atoms with Crippen LogP contribution in [0.25, 0.3) is 10.9 Å². The summed E-state index contributed by atoms with van der Waals surface area (Å²) in [4.78, 5) is 28.8. The number of benzene rings is 1. The van der Waals surface area contributed by atoms with Crippen molar-refractivity contribution in [2.24, 2.45) is 0 Å². The minimum atomic E-state index is -1.33. The maximum Gasteiger partial charge on any atom is 0.341 e. The van der Waals surface area contributed by atoms with Crippen molar-refractivity contribution in [1.82, 2.24) is 9.58 Å². The average Bonchev–Trinajstić information content (AvgIpc) is 2.78. The number of rotatable bonds is 3. The van der Waals surface area contributed by atoms with Crippen LogP contribution in [0.2, 0.25) is 0 Å². The molecule has 0 aliphatic carbocycles. The lowest BCUT2D eigenvalue weighted by molar-refractivity contribution is 0.0694. The highest BCUT2D eigenvalue weighted by Gasteiger charge is 2.32. The first kappa shape index (κ1) is 20.1. The van der Waals surface area contributed by atoms with Crippen molar-refractivity contribution < 1.29 is 19.0 Å². The number of piperidine rings is 2. The van der Waals surface area contributed by atoms with Crippen LogP contribution in [-0.2, 0) is 0 Å². The topological polar surface area (TPSA) is 78.2 Å². The highest BCUT2D eigenvalue weighted by Crippen LogP contribution is 2.41. The number of carboxylic acids is 1. The van der Waals surface area contributed by atoms with Crippen molar-refractivity contribution >= 4 is 22.6 Å². The van der Waals surface area contributed by atoms with Gasteiger partial charge in [-0.2, -0.15) is 0 Å². The molecule has 0 unspecified atom stereocenters. The number of hydrogen-bond donors (Lipinski definition) is 1. The molecule has 2 saturated heterocycles. The van der Waals surface area contributed by atoms with Gasteiger partial charge in [0.2, 0.25) is 5.43 Å². The lowest BCUT2D eigenvalue weighted by Crippen LogP contribution is -2.47. The first-order valence-corrected chi connectivity index (χ1v) is 10.9. The summed E-state index contributed by atoms with van der Waals surface area (Å²) in [6, 6.07) is 1.69. The van der Waals surface area contributed by atoms with Crippen LogP contribution in [0, 0.1) is 5.82 Å². The summed E-state index contributed by atoms with van der Waals surface area (Å²) in [5.41, 5.74) is -0.304. The van der Waals surface area contributed by atoms with Gasteiger partial charge in [-0.1, -0.05) is 6.42 Å². The fourth-order valence-corrected chi connectivity index (χ4v) is 5.21. The van der Waals surface area contributed by atoms with Crippen LogP contribution in [0.15, 0.2) is 17.1 Å². The Morgan fingerprint density at radius 2 is 1.87 bits per heavy atom. The van der Waals surface area contributed by atoms with Crippen molar-refractivity contribution in [1.29, 1.82) is 0 Å². The van der Waals surface area contributed by atoms with Crippen LogP contribution in [-0.4, -0.2) is 66.7 Å². The number of ether oxygens (including phenoxy) is 1. The van der Waals surface area contributed by atoms with E-state index >= 15 is 4.39 Å². The summed E-state index contributed by atoms with van der Waals surface area (Å²) in [6.07, 6.45) is 7.02. The number of carboxylic acid groups (broad SMARTS) is 1. The van der Waals surface area contributed by atoms with E-state index < -0.39 is 17.2 Å². The minimum absolute atomic E-state index is 0.0194. The van der Waals surface area contributed by atoms with Crippen molar-refractivity contribution in [2.75, 3.05) is 49.9 Å². The molecule has 0 bridgehead atoms. The van der Waals surface area contributed by atoms with Crippen LogP contribution in [0.1, 0.15) is 42.5 Å². The van der Waals surface area contributed by atoms with E-state index in [-0.39, 0.29) is 17.7 Å². The van der Waals surface area contributed by atoms with Crippen LogP contribution >= 0.6 is 0 Å². The monoisotopic (exact) mass is 430 g/mol. The molecule has 0 saturated carbocycles. The predicted molar refractivity (Wildman–Crippen MR) is 115 cm³/mol. The molecule has 0 atom stereocenters. The third-order valence-corrected chi connectivity index (χ3v) is 6.83. The average molecular weight is 430 g/mol. The van der Waals surface area contributed by atoms with E-state index in [1.807, 2.05) is 4.90 Å². The maximum absolute atomic E-state index is 15.3. The smallest absolute Gasteiger partial charge is 0.341 e. The summed E-state index contributed by atoms with van der Waals surface area (Å²) in [7, 11) is 1.73. The summed E-state index contributed by atoms with van der Waals surface area (Å²) in [6.45, 7) is 3.85. The molecule has 3 aliphatic heterocycles. The molecule has 166 valence electrons. The third-order valence-electron chi connectivity index (χ3n) is 6.83. The van der Waals surface area contributed by atoms with Gasteiger partial charge in [-0.05, 0) is 44.8 Å². The van der Waals surface area contributed by atoms with Gasteiger partial charge >= 0.3 is 5.97 Å². The van der Waals surface area contributed by atoms with Crippen LogP contribution in [0.5, 0.6) is 5.75 Å². The van der Waals surface area contributed by atoms with E-state index in [1.165, 1.54) is 31.5 Å². The molecule has 0 amide bonds. The number of aromatic nitrogens is 1. The first-order chi connectivity index (χ1) is 15.0. The second-order valence-corrected chi connectivity index (χ2v) is 8.70. The van der Waals surface area contributed by atoms with Crippen LogP contribution in [0.3, 0.4) is 0 Å². The van der Waals surface area contributed by atoms with Gasteiger partial charge in [0.1, 0.15) is 16.8 Å². The number of aromatic carboxylic acids is 1. The van der Waals surface area contributed by atoms with Gasteiger partial charge in [0.15, 0.2) is 18.3 Å². The van der Waals surface area contributed by atoms with Crippen LogP contribution < -0.4 is 20.1 Å². The van der Waals surface area contributed by atoms with Crippen molar-refractivity contribution in [2.45, 2.75) is 38.1 Å². The Bertz CT molecular complexity index is 1090. The summed E-state index contributed by atoms with van der Waals surface area (Å²) in [5, 5.41) is 11.1. The van der Waals surface area contributed by atoms with E-state index in [1.54, 1.807) is 16.7 Å². The molecule has 1 aromatic carbocycles. The molecule has 2 fully saturated rings. The third kappa shape index (κ3) is 3.31. The second-order valence-electron chi connectivity index (χ2n) is 8.70. The summed E-state index contributed by atoms with van der Waals surface area (Å²) in [5.74, 6) is -1.56. The lowest BCUT2D eigenvalue weighted by Gasteiger charge is -2.42. The molecule has 4 heterocycles. The van der Waals surface area contributed by atoms with Gasteiger partial charge in [-0.3, -0.25) is 14.5 Å². The minimum Gasteiger partial charge on any atom is -0.477 e. The highest BCUT2D eigenvalue weighted by molar-refractivity contribution is 5.97. The van der Waals surface area contributed by atoms with E-state index in [2.05, 4.69) is 4.90 Å². The van der Waals surface area contributed by atoms with Crippen molar-refractivity contribution in [3.8, 4) is 5.75 Å². The van der Waals surface area contributed by atoms with Crippen molar-refractivity contribution in [3.63, 3.8) is 0 Å². The van der Waals surface area contributed by atoms with Gasteiger partial charge in [0.25, 0.3) is 0 Å². The van der Waals surface area contributed by atoms with Gasteiger partial charge in [0.05, 0.1) is 5.39 Å². The zero-order valence-corrected chi connectivity index (χ0v) is 17.6. The van der Waals surface area contributed by atoms with Gasteiger partial charge in [-0.25, -0.2) is 9.18 Å². The normalized spacial score (nSPS) is 20.2. The highest BCUT2D eigenvalue weighted by atomic mass is 19.1. The first-order valence-electron chi connectivity index (χ1n) is 10.9. The number of hydrogen-bond acceptors (Lipinski definition) is 6. The Morgan fingerprint density at radius 3 is 2.55 bits per heavy atom. The second kappa shape index (κ2) is 7.71. The van der Waals surface area contributed by atoms with Gasteiger partial charge < -0.3 is 19.6 Å². The fraction of sp³-hybridized carbons (Fsp3) is 0.545. The number of nitrogens with zero attached hydrogens (tertiary/aromatic N) is 4. The maximum atomic E-state index is 15.3. The lowest BCUT2D eigenvalue weighted by atomic mass is 9.99. The van der Waals surface area contributed by atoms with Gasteiger partial charge in [-0.15, -0.1) is 0 Å². The molecule has 9 heteroatoms. The number of pyridine rings is 1. The van der Waals surface area contributed by atoms with E-state index in [0.29, 0.717) is 36.1 Å². The molecule has 2 aromatic rings. The van der Waals surface area contributed by atoms with E-state index in [0.717, 1.165) is 25.9 Å². The summed E-state index contributed by atoms with van der Waals surface area (Å²) < 4.78 is 22.8. The zero-order chi connectivity index (χ0) is 21.7. The largest absolute Gasteiger partial charge is 0.477 e. The molecule has 31 heavy (non-hydrogen) atoms. The SMILES string of the molecule is CN1COc2c(N3CCC(N4CCCCC4)CC3)c(F)cc3c(=O)c(C(=O)O)cn1c23. The molecule has 0 spiro atoms. The molecule has 1 N–H and O–H groups in total. The number of anilines is 1. The quantitative estimate of drug-likeness (QED) is 0.800. The van der Waals surface area contributed by atoms with E-state index in [4.69, 9.17) is 4.74 Å². The van der Waals surface area contributed by atoms with Crippen LogP contribution in [0.4, 0.5) is 10.1 Å². The molecule has 0 radical (unpaired) electrons. The molecule has 5 rings (SSSR count). The molecule has 3 aliphatic rings. The standard InChI is InChI=1S/C22H27FN4O4/c1-24-13-31-21-18-15(20(28)16(22(29)30)12-27(18)24)11-17(23)19(21)26-9-5-14(6-10-26)25-7-3-2-4-8-25/h11-12,14H,2-10,13H2,1H3,(H,29,30). The molecule has 1 aromatic heterocycles. The van der Waals surface area contributed by atoms with Crippen molar-refractivity contribution in [3.05, 3.63) is 33.9 Å². The Labute approximate surface area is 179 Å². The Kier molecular flexibility index (Phi) is 5.00. The summed E-state index contributed by atoms with van der Waals surface area (Å²) >= 11 is 0. The molecular formula is C22H27FN4O4. The fourth-order valence-electron chi connectivity index (χ4n) is 5.21. The molecular weight excluding hydrogens is 403 g/mol. The number of likely N-dealkylation sites (tertiary alicyclic amines) is 1.